The molecule has 2 aromatic heterocycles. The van der Waals surface area contributed by atoms with Gasteiger partial charge in [-0.15, -0.1) is 0 Å². The van der Waals surface area contributed by atoms with Crippen LogP contribution in [0.2, 0.25) is 0 Å². The van der Waals surface area contributed by atoms with Crippen molar-refractivity contribution in [3.63, 3.8) is 0 Å². The minimum Gasteiger partial charge on any atom is -0.383 e. The topological polar surface area (TPSA) is 51.8 Å². The molecule has 3 aromatic rings. The van der Waals surface area contributed by atoms with E-state index in [1.54, 1.807) is 12.4 Å². The molecule has 0 unspecified atom stereocenters. The fourth-order valence-corrected chi connectivity index (χ4v) is 2.04. The van der Waals surface area contributed by atoms with Gasteiger partial charge in [0, 0.05) is 23.3 Å². The van der Waals surface area contributed by atoms with Crippen molar-refractivity contribution in [3.05, 3.63) is 54.4 Å². The lowest BCUT2D eigenvalue weighted by atomic mass is 10.0. The second-order valence-corrected chi connectivity index (χ2v) is 4.36. The van der Waals surface area contributed by atoms with Crippen LogP contribution in [0.4, 0.5) is 5.82 Å². The van der Waals surface area contributed by atoms with E-state index >= 15 is 0 Å². The predicted octanol–water partition coefficient (Wildman–Crippen LogP) is 3.19. The lowest BCUT2D eigenvalue weighted by Crippen LogP contribution is -1.94. The second kappa shape index (κ2) is 4.11. The largest absolute Gasteiger partial charge is 0.383 e. The molecule has 0 saturated heterocycles. The molecule has 2 N–H and O–H groups in total. The Labute approximate surface area is 105 Å². The van der Waals surface area contributed by atoms with Crippen LogP contribution < -0.4 is 5.73 Å². The van der Waals surface area contributed by atoms with Crippen molar-refractivity contribution >= 4 is 16.7 Å². The van der Waals surface area contributed by atoms with E-state index < -0.39 is 0 Å². The average Bonchev–Trinajstić information content (AvgIpc) is 2.41. The number of aryl methyl sites for hydroxylation is 1. The van der Waals surface area contributed by atoms with E-state index in [1.165, 1.54) is 0 Å². The zero-order valence-electron chi connectivity index (χ0n) is 10.1. The lowest BCUT2D eigenvalue weighted by Gasteiger charge is -2.07. The SMILES string of the molecule is Cc1cnc(N)c(-c2ccc3cccnc3c2)c1. The number of hydrogen-bond donors (Lipinski definition) is 1. The number of hydrogen-bond acceptors (Lipinski definition) is 3. The second-order valence-electron chi connectivity index (χ2n) is 4.36. The molecular formula is C15H13N3. The Morgan fingerprint density at radius 1 is 1.06 bits per heavy atom. The highest BCUT2D eigenvalue weighted by Gasteiger charge is 2.05. The Kier molecular flexibility index (Phi) is 2.45. The molecule has 0 amide bonds. The summed E-state index contributed by atoms with van der Waals surface area (Å²) in [5.74, 6) is 0.552. The number of anilines is 1. The molecule has 0 aliphatic carbocycles. The fourth-order valence-electron chi connectivity index (χ4n) is 2.04. The third-order valence-corrected chi connectivity index (χ3v) is 2.97. The molecule has 3 nitrogen and oxygen atoms in total. The van der Waals surface area contributed by atoms with Gasteiger partial charge in [0.25, 0.3) is 0 Å². The summed E-state index contributed by atoms with van der Waals surface area (Å²) < 4.78 is 0. The number of nitrogens with zero attached hydrogens (tertiary/aromatic N) is 2. The number of aromatic nitrogens is 2. The fraction of sp³-hybridized carbons (Fsp3) is 0.0667. The molecule has 0 aliphatic rings. The number of rotatable bonds is 1. The van der Waals surface area contributed by atoms with Crippen LogP contribution in [0.5, 0.6) is 0 Å². The van der Waals surface area contributed by atoms with Crippen molar-refractivity contribution in [3.8, 4) is 11.1 Å². The Bertz CT molecular complexity index is 720. The molecule has 3 heteroatoms. The molecule has 0 fully saturated rings. The van der Waals surface area contributed by atoms with E-state index in [0.29, 0.717) is 5.82 Å². The van der Waals surface area contributed by atoms with Crippen molar-refractivity contribution in [2.24, 2.45) is 0 Å². The average molecular weight is 235 g/mol. The first-order chi connectivity index (χ1) is 8.74. The van der Waals surface area contributed by atoms with Gasteiger partial charge in [0.1, 0.15) is 5.82 Å². The molecule has 0 radical (unpaired) electrons. The van der Waals surface area contributed by atoms with Crippen LogP contribution in [-0.4, -0.2) is 9.97 Å². The Hall–Kier alpha value is -2.42. The maximum Gasteiger partial charge on any atom is 0.131 e. The summed E-state index contributed by atoms with van der Waals surface area (Å²) in [6, 6.07) is 12.2. The van der Waals surface area contributed by atoms with Crippen molar-refractivity contribution in [2.45, 2.75) is 6.92 Å². The van der Waals surface area contributed by atoms with Gasteiger partial charge in [0.05, 0.1) is 5.52 Å². The monoisotopic (exact) mass is 235 g/mol. The molecule has 88 valence electrons. The smallest absolute Gasteiger partial charge is 0.131 e. The van der Waals surface area contributed by atoms with E-state index in [9.17, 15) is 0 Å². The van der Waals surface area contributed by atoms with Gasteiger partial charge in [-0.2, -0.15) is 0 Å². The summed E-state index contributed by atoms with van der Waals surface area (Å²) in [5, 5.41) is 1.13. The Balaban J connectivity index is 2.22. The standard InChI is InChI=1S/C15H13N3/c1-10-7-13(15(16)18-9-10)12-5-4-11-3-2-6-17-14(11)8-12/h2-9H,1H3,(H2,16,18). The van der Waals surface area contributed by atoms with Gasteiger partial charge in [-0.1, -0.05) is 18.2 Å². The number of fused-ring (bicyclic) bond motifs is 1. The Morgan fingerprint density at radius 3 is 2.83 bits per heavy atom. The summed E-state index contributed by atoms with van der Waals surface area (Å²) in [6.45, 7) is 2.01. The number of nitrogens with two attached hydrogens (primary N) is 1. The molecule has 0 atom stereocenters. The van der Waals surface area contributed by atoms with Crippen molar-refractivity contribution in [1.82, 2.24) is 9.97 Å². The number of pyridine rings is 2. The third kappa shape index (κ3) is 1.80. The highest BCUT2D eigenvalue weighted by molar-refractivity contribution is 5.86. The summed E-state index contributed by atoms with van der Waals surface area (Å²) in [4.78, 5) is 8.55. The highest BCUT2D eigenvalue weighted by Crippen LogP contribution is 2.27. The van der Waals surface area contributed by atoms with E-state index in [0.717, 1.165) is 27.6 Å². The van der Waals surface area contributed by atoms with Gasteiger partial charge in [-0.25, -0.2) is 4.98 Å². The lowest BCUT2D eigenvalue weighted by molar-refractivity contribution is 1.28. The quantitative estimate of drug-likeness (QED) is 0.704. The van der Waals surface area contributed by atoms with Gasteiger partial charge in [0.15, 0.2) is 0 Å². The molecule has 0 aliphatic heterocycles. The third-order valence-electron chi connectivity index (χ3n) is 2.97. The zero-order chi connectivity index (χ0) is 12.5. The molecule has 0 saturated carbocycles. The maximum atomic E-state index is 5.93. The van der Waals surface area contributed by atoms with E-state index in [2.05, 4.69) is 22.1 Å². The summed E-state index contributed by atoms with van der Waals surface area (Å²) in [7, 11) is 0. The van der Waals surface area contributed by atoms with Crippen LogP contribution in [0.3, 0.4) is 0 Å². The van der Waals surface area contributed by atoms with Crippen molar-refractivity contribution < 1.29 is 0 Å². The van der Waals surface area contributed by atoms with Crippen molar-refractivity contribution in [2.75, 3.05) is 5.73 Å². The van der Waals surface area contributed by atoms with E-state index in [1.807, 2.05) is 31.2 Å². The number of benzene rings is 1. The van der Waals surface area contributed by atoms with Gasteiger partial charge < -0.3 is 5.73 Å². The molecule has 0 spiro atoms. The molecule has 0 bridgehead atoms. The van der Waals surface area contributed by atoms with Crippen LogP contribution in [0.15, 0.2) is 48.8 Å². The molecule has 1 aromatic carbocycles. The van der Waals surface area contributed by atoms with Crippen LogP contribution in [-0.2, 0) is 0 Å². The maximum absolute atomic E-state index is 5.93. The molecule has 2 heterocycles. The summed E-state index contributed by atoms with van der Waals surface area (Å²) in [6.07, 6.45) is 3.57. The van der Waals surface area contributed by atoms with Gasteiger partial charge in [-0.3, -0.25) is 4.98 Å². The minimum absolute atomic E-state index is 0.552. The first-order valence-corrected chi connectivity index (χ1v) is 5.81. The first kappa shape index (κ1) is 10.7. The number of nitrogen functional groups attached to an aromatic ring is 1. The van der Waals surface area contributed by atoms with Gasteiger partial charge in [-0.05, 0) is 36.2 Å². The van der Waals surface area contributed by atoms with Gasteiger partial charge in [0.2, 0.25) is 0 Å². The summed E-state index contributed by atoms with van der Waals surface area (Å²) >= 11 is 0. The minimum atomic E-state index is 0.552. The van der Waals surface area contributed by atoms with Crippen LogP contribution in [0.25, 0.3) is 22.0 Å². The summed E-state index contributed by atoms with van der Waals surface area (Å²) in [5.41, 5.74) is 10.0. The van der Waals surface area contributed by atoms with Crippen LogP contribution >= 0.6 is 0 Å². The molecule has 18 heavy (non-hydrogen) atoms. The predicted molar refractivity (Wildman–Crippen MR) is 74.1 cm³/mol. The van der Waals surface area contributed by atoms with Crippen LogP contribution in [0, 0.1) is 6.92 Å². The first-order valence-electron chi connectivity index (χ1n) is 5.81. The normalized spacial score (nSPS) is 10.7. The van der Waals surface area contributed by atoms with E-state index in [4.69, 9.17) is 5.73 Å². The van der Waals surface area contributed by atoms with Gasteiger partial charge >= 0.3 is 0 Å². The Morgan fingerprint density at radius 2 is 1.94 bits per heavy atom. The van der Waals surface area contributed by atoms with Crippen molar-refractivity contribution in [1.29, 1.82) is 0 Å². The molecular weight excluding hydrogens is 222 g/mol. The van der Waals surface area contributed by atoms with Crippen LogP contribution in [0.1, 0.15) is 5.56 Å². The molecule has 3 rings (SSSR count). The zero-order valence-corrected chi connectivity index (χ0v) is 10.1. The van der Waals surface area contributed by atoms with E-state index in [-0.39, 0.29) is 0 Å². The highest BCUT2D eigenvalue weighted by atomic mass is 14.8.